The van der Waals surface area contributed by atoms with E-state index in [1.807, 2.05) is 0 Å². The lowest BCUT2D eigenvalue weighted by atomic mass is 10.1. The minimum absolute atomic E-state index is 0.214. The maximum absolute atomic E-state index is 10.6. The van der Waals surface area contributed by atoms with E-state index in [1.54, 1.807) is 0 Å². The van der Waals surface area contributed by atoms with Crippen LogP contribution in [0.1, 0.15) is 51.9 Å². The van der Waals surface area contributed by atoms with Crippen LogP contribution in [-0.4, -0.2) is 81.3 Å². The second-order valence-corrected chi connectivity index (χ2v) is 5.60. The lowest BCUT2D eigenvalue weighted by Gasteiger charge is -2.14. The number of aliphatic hydroxyl groups is 6. The number of ether oxygens (including phenoxy) is 1. The first kappa shape index (κ1) is 25.5. The molecule has 0 rings (SSSR count). The molecule has 0 unspecified atom stereocenters. The molecule has 8 heteroatoms. The third-order valence-electron chi connectivity index (χ3n) is 3.47. The summed E-state index contributed by atoms with van der Waals surface area (Å²) >= 11 is 0. The first-order valence-corrected chi connectivity index (χ1v) is 8.34. The van der Waals surface area contributed by atoms with Crippen molar-refractivity contribution in [2.75, 3.05) is 20.3 Å². The largest absolute Gasteiger partial charge is 0.469 e. The predicted molar refractivity (Wildman–Crippen MR) is 88.2 cm³/mol. The van der Waals surface area contributed by atoms with E-state index >= 15 is 0 Å². The normalized spacial score (nSPS) is 15.7. The van der Waals surface area contributed by atoms with Gasteiger partial charge in [0.05, 0.1) is 32.5 Å². The zero-order chi connectivity index (χ0) is 19.0. The predicted octanol–water partition coefficient (Wildman–Crippen LogP) is -0.675. The zero-order valence-corrected chi connectivity index (χ0v) is 14.7. The van der Waals surface area contributed by atoms with Gasteiger partial charge in [0.1, 0.15) is 12.2 Å². The number of rotatable bonds is 12. The van der Waals surface area contributed by atoms with E-state index in [-0.39, 0.29) is 25.4 Å². The Morgan fingerprint density at radius 2 is 1.29 bits per heavy atom. The van der Waals surface area contributed by atoms with Gasteiger partial charge < -0.3 is 35.4 Å². The van der Waals surface area contributed by atoms with Crippen molar-refractivity contribution < 1.29 is 40.2 Å². The molecule has 0 aliphatic rings. The number of unbranched alkanes of at least 4 members (excludes halogenated alkanes) is 2. The van der Waals surface area contributed by atoms with Crippen LogP contribution in [0.4, 0.5) is 0 Å². The van der Waals surface area contributed by atoms with Crippen molar-refractivity contribution in [3.8, 4) is 0 Å². The molecular weight excluding hydrogens is 320 g/mol. The maximum Gasteiger partial charge on any atom is 0.305 e. The van der Waals surface area contributed by atoms with Gasteiger partial charge in [-0.15, -0.1) is 0 Å². The highest BCUT2D eigenvalue weighted by molar-refractivity contribution is 5.68. The highest BCUT2D eigenvalue weighted by Crippen LogP contribution is 2.06. The third-order valence-corrected chi connectivity index (χ3v) is 3.47. The van der Waals surface area contributed by atoms with Crippen LogP contribution in [0.25, 0.3) is 0 Å². The molecule has 0 saturated carbocycles. The summed E-state index contributed by atoms with van der Waals surface area (Å²) < 4.78 is 4.39. The molecule has 0 aliphatic heterocycles. The van der Waals surface area contributed by atoms with Crippen molar-refractivity contribution in [3.05, 3.63) is 0 Å². The molecule has 0 fully saturated rings. The van der Waals surface area contributed by atoms with Gasteiger partial charge in [-0.25, -0.2) is 0 Å². The van der Waals surface area contributed by atoms with Gasteiger partial charge in [0, 0.05) is 6.42 Å². The summed E-state index contributed by atoms with van der Waals surface area (Å²) in [5, 5.41) is 53.0. The second kappa shape index (κ2) is 17.1. The fourth-order valence-electron chi connectivity index (χ4n) is 1.79. The van der Waals surface area contributed by atoms with Crippen molar-refractivity contribution in [1.29, 1.82) is 0 Å². The monoisotopic (exact) mass is 354 g/mol. The van der Waals surface area contributed by atoms with Gasteiger partial charge in [-0.2, -0.15) is 0 Å². The van der Waals surface area contributed by atoms with Crippen molar-refractivity contribution in [2.24, 2.45) is 0 Å². The van der Waals surface area contributed by atoms with Crippen molar-refractivity contribution >= 4 is 5.97 Å². The van der Waals surface area contributed by atoms with Gasteiger partial charge in [-0.1, -0.05) is 26.2 Å². The Morgan fingerprint density at radius 1 is 0.833 bits per heavy atom. The molecule has 146 valence electrons. The molecule has 8 nitrogen and oxygen atoms in total. The maximum atomic E-state index is 10.6. The van der Waals surface area contributed by atoms with Crippen LogP contribution >= 0.6 is 0 Å². The summed E-state index contributed by atoms with van der Waals surface area (Å²) in [6.07, 6.45) is 0.750. The van der Waals surface area contributed by atoms with E-state index in [2.05, 4.69) is 11.7 Å². The molecule has 0 radical (unpaired) electrons. The van der Waals surface area contributed by atoms with Gasteiger partial charge in [-0.05, 0) is 19.3 Å². The quantitative estimate of drug-likeness (QED) is 0.200. The minimum atomic E-state index is -1.13. The summed E-state index contributed by atoms with van der Waals surface area (Å²) in [6, 6.07) is 0. The van der Waals surface area contributed by atoms with E-state index in [1.165, 1.54) is 7.11 Å². The Hall–Kier alpha value is -0.770. The van der Waals surface area contributed by atoms with Gasteiger partial charge >= 0.3 is 5.97 Å². The zero-order valence-electron chi connectivity index (χ0n) is 14.7. The molecule has 0 aromatic heterocycles. The minimum Gasteiger partial charge on any atom is -0.469 e. The first-order valence-electron chi connectivity index (χ1n) is 8.34. The van der Waals surface area contributed by atoms with E-state index in [4.69, 9.17) is 30.6 Å². The molecule has 4 atom stereocenters. The van der Waals surface area contributed by atoms with Crippen LogP contribution in [0.2, 0.25) is 0 Å². The van der Waals surface area contributed by atoms with Gasteiger partial charge in [0.15, 0.2) is 0 Å². The molecule has 0 heterocycles. The Balaban J connectivity index is 0. The number of hydrogen-bond acceptors (Lipinski definition) is 8. The Morgan fingerprint density at radius 3 is 1.67 bits per heavy atom. The molecule has 0 amide bonds. The Kier molecular flexibility index (Phi) is 18.1. The number of hydrogen-bond donors (Lipinski definition) is 6. The highest BCUT2D eigenvalue weighted by Gasteiger charge is 2.15. The first-order chi connectivity index (χ1) is 11.3. The fourth-order valence-corrected chi connectivity index (χ4v) is 1.79. The van der Waals surface area contributed by atoms with Crippen LogP contribution in [0.5, 0.6) is 0 Å². The molecule has 0 aromatic rings. The smallest absolute Gasteiger partial charge is 0.305 e. The third kappa shape index (κ3) is 14.8. The number of carbonyl (C=O) groups excluding carboxylic acids is 1. The summed E-state index contributed by atoms with van der Waals surface area (Å²) in [7, 11) is 1.29. The van der Waals surface area contributed by atoms with Crippen LogP contribution in [0.3, 0.4) is 0 Å². The topological polar surface area (TPSA) is 148 Å². The summed E-state index contributed by atoms with van der Waals surface area (Å²) in [5.74, 6) is -0.342. The molecule has 0 aromatic carbocycles. The van der Waals surface area contributed by atoms with E-state index in [0.29, 0.717) is 12.8 Å². The highest BCUT2D eigenvalue weighted by atomic mass is 16.5. The average Bonchev–Trinajstić information content (AvgIpc) is 2.60. The molecular formula is C16H34O8. The number of aliphatic hydroxyl groups excluding tert-OH is 6. The van der Waals surface area contributed by atoms with Crippen LogP contribution in [-0.2, 0) is 9.53 Å². The molecule has 6 N–H and O–H groups in total. The standard InChI is InChI=1S/C8H16O5.C8H18O3/c1-13-8(12)4-2-3-6(10)7(11)5-9;1-2-3-4-5-7(10)8(11)6-9/h6-7,9-11H,2-5H2,1H3;7-11H,2-6H2,1H3/t6-,7+;7-,8+/m00/s1. The van der Waals surface area contributed by atoms with Crippen molar-refractivity contribution in [2.45, 2.75) is 76.3 Å². The molecule has 0 spiro atoms. The number of esters is 1. The van der Waals surface area contributed by atoms with Crippen molar-refractivity contribution in [1.82, 2.24) is 0 Å². The van der Waals surface area contributed by atoms with Gasteiger partial charge in [-0.3, -0.25) is 4.79 Å². The lowest BCUT2D eigenvalue weighted by Crippen LogP contribution is -2.29. The van der Waals surface area contributed by atoms with E-state index in [0.717, 1.165) is 19.3 Å². The average molecular weight is 354 g/mol. The Labute approximate surface area is 143 Å². The van der Waals surface area contributed by atoms with Crippen LogP contribution in [0, 0.1) is 0 Å². The summed E-state index contributed by atoms with van der Waals surface area (Å²) in [5.41, 5.74) is 0. The van der Waals surface area contributed by atoms with E-state index < -0.39 is 31.0 Å². The Bertz CT molecular complexity index is 287. The van der Waals surface area contributed by atoms with Crippen molar-refractivity contribution in [3.63, 3.8) is 0 Å². The number of carbonyl (C=O) groups is 1. The fraction of sp³-hybridized carbons (Fsp3) is 0.938. The van der Waals surface area contributed by atoms with Crippen LogP contribution < -0.4 is 0 Å². The summed E-state index contributed by atoms with van der Waals surface area (Å²) in [6.45, 7) is 1.25. The summed E-state index contributed by atoms with van der Waals surface area (Å²) in [4.78, 5) is 10.6. The lowest BCUT2D eigenvalue weighted by molar-refractivity contribution is -0.140. The van der Waals surface area contributed by atoms with E-state index in [9.17, 15) is 4.79 Å². The molecule has 0 aliphatic carbocycles. The van der Waals surface area contributed by atoms with Gasteiger partial charge in [0.25, 0.3) is 0 Å². The van der Waals surface area contributed by atoms with Crippen LogP contribution in [0.15, 0.2) is 0 Å². The SMILES string of the molecule is CCCCC[C@H](O)[C@H](O)CO.COC(=O)CCC[C@H](O)[C@H](O)CO. The molecule has 24 heavy (non-hydrogen) atoms. The molecule has 0 saturated heterocycles. The van der Waals surface area contributed by atoms with Gasteiger partial charge in [0.2, 0.25) is 0 Å². The molecule has 0 bridgehead atoms. The second-order valence-electron chi connectivity index (χ2n) is 5.60. The number of methoxy groups -OCH3 is 1.